The van der Waals surface area contributed by atoms with Gasteiger partial charge >= 0.3 is 0 Å². The molecule has 0 atom stereocenters. The van der Waals surface area contributed by atoms with E-state index in [4.69, 9.17) is 11.6 Å². The summed E-state index contributed by atoms with van der Waals surface area (Å²) in [5, 5.41) is 0.191. The highest BCUT2D eigenvalue weighted by atomic mass is 35.5. The number of H-pyrrole nitrogens is 1. The number of hydrogen-bond donors (Lipinski definition) is 1. The minimum Gasteiger partial charge on any atom is -0.353 e. The first-order valence-electron chi connectivity index (χ1n) is 5.93. The van der Waals surface area contributed by atoms with Crippen molar-refractivity contribution < 1.29 is 0 Å². The fraction of sp³-hybridized carbons (Fsp3) is 0.636. The van der Waals surface area contributed by atoms with Gasteiger partial charge in [-0.3, -0.25) is 9.69 Å². The van der Waals surface area contributed by atoms with E-state index < -0.39 is 0 Å². The monoisotopic (exact) mass is 256 g/mol. The van der Waals surface area contributed by atoms with Crippen LogP contribution in [0.15, 0.2) is 11.1 Å². The average Bonchev–Trinajstić information content (AvgIpc) is 2.34. The number of halogens is 1. The summed E-state index contributed by atoms with van der Waals surface area (Å²) in [7, 11) is 0. The fourth-order valence-electron chi connectivity index (χ4n) is 2.09. The van der Waals surface area contributed by atoms with Crippen LogP contribution in [0.1, 0.15) is 13.3 Å². The van der Waals surface area contributed by atoms with Gasteiger partial charge in [0.25, 0.3) is 5.56 Å². The SMILES string of the molecule is CCCN1CCN(c2nc[nH]c(=O)c2Cl)CC1. The van der Waals surface area contributed by atoms with Crippen LogP contribution in [0, 0.1) is 0 Å². The van der Waals surface area contributed by atoms with Crippen molar-refractivity contribution in [1.82, 2.24) is 14.9 Å². The number of nitrogens with zero attached hydrogens (tertiary/aromatic N) is 3. The van der Waals surface area contributed by atoms with Gasteiger partial charge in [0.2, 0.25) is 0 Å². The van der Waals surface area contributed by atoms with E-state index in [2.05, 4.69) is 26.7 Å². The first kappa shape index (κ1) is 12.4. The molecule has 0 amide bonds. The van der Waals surface area contributed by atoms with Gasteiger partial charge in [0.15, 0.2) is 5.82 Å². The molecule has 17 heavy (non-hydrogen) atoms. The normalized spacial score (nSPS) is 17.4. The van der Waals surface area contributed by atoms with Gasteiger partial charge in [-0.15, -0.1) is 0 Å². The van der Waals surface area contributed by atoms with E-state index >= 15 is 0 Å². The van der Waals surface area contributed by atoms with Crippen LogP contribution < -0.4 is 10.5 Å². The first-order chi connectivity index (χ1) is 8.22. The van der Waals surface area contributed by atoms with Crippen molar-refractivity contribution in [3.8, 4) is 0 Å². The van der Waals surface area contributed by atoms with E-state index in [0.717, 1.165) is 32.7 Å². The molecule has 0 unspecified atom stereocenters. The smallest absolute Gasteiger partial charge is 0.271 e. The lowest BCUT2D eigenvalue weighted by molar-refractivity contribution is 0.258. The average molecular weight is 257 g/mol. The summed E-state index contributed by atoms with van der Waals surface area (Å²) in [5.74, 6) is 0.603. The Morgan fingerprint density at radius 3 is 2.76 bits per heavy atom. The molecule has 0 radical (unpaired) electrons. The number of nitrogens with one attached hydrogen (secondary N) is 1. The van der Waals surface area contributed by atoms with Crippen molar-refractivity contribution in [2.75, 3.05) is 37.6 Å². The molecule has 2 heterocycles. The van der Waals surface area contributed by atoms with Crippen LogP contribution >= 0.6 is 11.6 Å². The van der Waals surface area contributed by atoms with Crippen molar-refractivity contribution in [3.63, 3.8) is 0 Å². The van der Waals surface area contributed by atoms with Gasteiger partial charge in [-0.2, -0.15) is 0 Å². The number of hydrogen-bond acceptors (Lipinski definition) is 4. The standard InChI is InChI=1S/C11H17ClN4O/c1-2-3-15-4-6-16(7-5-15)10-9(12)11(17)14-8-13-10/h8H,2-7H2,1H3,(H,13,14,17). The molecule has 1 aliphatic rings. The third kappa shape index (κ3) is 2.79. The summed E-state index contributed by atoms with van der Waals surface area (Å²) < 4.78 is 0. The lowest BCUT2D eigenvalue weighted by atomic mass is 10.3. The Kier molecular flexibility index (Phi) is 4.02. The van der Waals surface area contributed by atoms with Crippen LogP contribution in [-0.4, -0.2) is 47.6 Å². The lowest BCUT2D eigenvalue weighted by Gasteiger charge is -2.35. The zero-order valence-electron chi connectivity index (χ0n) is 9.95. The lowest BCUT2D eigenvalue weighted by Crippen LogP contribution is -2.47. The minimum atomic E-state index is -0.271. The molecule has 0 spiro atoms. The van der Waals surface area contributed by atoms with Crippen LogP contribution in [0.2, 0.25) is 5.02 Å². The maximum Gasteiger partial charge on any atom is 0.271 e. The maximum absolute atomic E-state index is 11.4. The van der Waals surface area contributed by atoms with Crippen LogP contribution in [0.4, 0.5) is 5.82 Å². The third-order valence-corrected chi connectivity index (χ3v) is 3.33. The Labute approximate surface area is 105 Å². The van der Waals surface area contributed by atoms with Gasteiger partial charge in [-0.05, 0) is 13.0 Å². The predicted octanol–water partition coefficient (Wildman–Crippen LogP) is 0.955. The second-order valence-electron chi connectivity index (χ2n) is 4.20. The zero-order chi connectivity index (χ0) is 12.3. The molecule has 1 aromatic heterocycles. The molecule has 2 rings (SSSR count). The second kappa shape index (κ2) is 5.51. The second-order valence-corrected chi connectivity index (χ2v) is 4.58. The first-order valence-corrected chi connectivity index (χ1v) is 6.30. The molecule has 1 aromatic rings. The maximum atomic E-state index is 11.4. The molecular weight excluding hydrogens is 240 g/mol. The van der Waals surface area contributed by atoms with E-state index in [1.165, 1.54) is 12.7 Å². The van der Waals surface area contributed by atoms with Gasteiger partial charge in [-0.25, -0.2) is 4.98 Å². The molecule has 6 heteroatoms. The number of aromatic amines is 1. The van der Waals surface area contributed by atoms with Crippen LogP contribution in [0.3, 0.4) is 0 Å². The van der Waals surface area contributed by atoms with E-state index in [-0.39, 0.29) is 10.6 Å². The molecule has 94 valence electrons. The van der Waals surface area contributed by atoms with E-state index in [0.29, 0.717) is 5.82 Å². The van der Waals surface area contributed by atoms with Crippen molar-refractivity contribution >= 4 is 17.4 Å². The number of piperazine rings is 1. The van der Waals surface area contributed by atoms with Crippen molar-refractivity contribution in [2.24, 2.45) is 0 Å². The molecule has 1 fully saturated rings. The van der Waals surface area contributed by atoms with Gasteiger partial charge in [0.1, 0.15) is 5.02 Å². The summed E-state index contributed by atoms with van der Waals surface area (Å²) in [6.45, 7) is 7.05. The van der Waals surface area contributed by atoms with Crippen LogP contribution in [0.5, 0.6) is 0 Å². The number of rotatable bonds is 3. The largest absolute Gasteiger partial charge is 0.353 e. The molecular formula is C11H17ClN4O. The number of anilines is 1. The molecule has 1 saturated heterocycles. The summed E-state index contributed by atoms with van der Waals surface area (Å²) in [6, 6.07) is 0. The van der Waals surface area contributed by atoms with Crippen molar-refractivity contribution in [3.05, 3.63) is 21.7 Å². The van der Waals surface area contributed by atoms with Crippen molar-refractivity contribution in [1.29, 1.82) is 0 Å². The molecule has 0 aromatic carbocycles. The molecule has 1 N–H and O–H groups in total. The zero-order valence-corrected chi connectivity index (χ0v) is 10.7. The summed E-state index contributed by atoms with van der Waals surface area (Å²) >= 11 is 5.96. The summed E-state index contributed by atoms with van der Waals surface area (Å²) in [4.78, 5) is 22.5. The highest BCUT2D eigenvalue weighted by Crippen LogP contribution is 2.19. The van der Waals surface area contributed by atoms with Gasteiger partial charge in [-0.1, -0.05) is 18.5 Å². The Bertz CT molecular complexity index is 426. The highest BCUT2D eigenvalue weighted by Gasteiger charge is 2.20. The van der Waals surface area contributed by atoms with Crippen LogP contribution in [0.25, 0.3) is 0 Å². The minimum absolute atomic E-state index is 0.191. The van der Waals surface area contributed by atoms with E-state index in [9.17, 15) is 4.79 Å². The quantitative estimate of drug-likeness (QED) is 0.875. The topological polar surface area (TPSA) is 52.2 Å². The molecule has 1 aliphatic heterocycles. The van der Waals surface area contributed by atoms with Gasteiger partial charge in [0, 0.05) is 26.2 Å². The number of aromatic nitrogens is 2. The van der Waals surface area contributed by atoms with Gasteiger partial charge < -0.3 is 9.88 Å². The fourth-order valence-corrected chi connectivity index (χ4v) is 2.32. The Morgan fingerprint density at radius 1 is 1.41 bits per heavy atom. The third-order valence-electron chi connectivity index (χ3n) is 2.99. The Morgan fingerprint density at radius 2 is 2.12 bits per heavy atom. The van der Waals surface area contributed by atoms with Crippen LogP contribution in [-0.2, 0) is 0 Å². The van der Waals surface area contributed by atoms with E-state index in [1.54, 1.807) is 0 Å². The van der Waals surface area contributed by atoms with Gasteiger partial charge in [0.05, 0.1) is 6.33 Å². The summed E-state index contributed by atoms with van der Waals surface area (Å²) in [5.41, 5.74) is -0.271. The molecule has 0 aliphatic carbocycles. The Balaban J connectivity index is 2.05. The molecule has 0 bridgehead atoms. The summed E-state index contributed by atoms with van der Waals surface area (Å²) in [6.07, 6.45) is 2.58. The molecule has 0 saturated carbocycles. The molecule has 5 nitrogen and oxygen atoms in total. The predicted molar refractivity (Wildman–Crippen MR) is 68.8 cm³/mol. The van der Waals surface area contributed by atoms with E-state index in [1.807, 2.05) is 0 Å². The highest BCUT2D eigenvalue weighted by molar-refractivity contribution is 6.32. The van der Waals surface area contributed by atoms with Crippen molar-refractivity contribution in [2.45, 2.75) is 13.3 Å². The Hall–Kier alpha value is -1.07.